The molecule has 1 unspecified atom stereocenters. The maximum Gasteiger partial charge on any atom is 0.509 e. The van der Waals surface area contributed by atoms with Crippen LogP contribution in [0.2, 0.25) is 18.1 Å². The molecular weight excluding hydrogens is 464 g/mol. The van der Waals surface area contributed by atoms with Gasteiger partial charge in [-0.2, -0.15) is 0 Å². The molecule has 1 aliphatic carbocycles. The molecule has 4 atom stereocenters. The molecule has 35 heavy (non-hydrogen) atoms. The van der Waals surface area contributed by atoms with E-state index in [1.807, 2.05) is 27.7 Å². The number of hydrogen-bond acceptors (Lipinski definition) is 7. The van der Waals surface area contributed by atoms with Crippen molar-refractivity contribution in [2.75, 3.05) is 0 Å². The Morgan fingerprint density at radius 3 is 2.17 bits per heavy atom. The van der Waals surface area contributed by atoms with Crippen molar-refractivity contribution < 1.29 is 33.3 Å². The lowest BCUT2D eigenvalue weighted by Crippen LogP contribution is -2.57. The molecule has 0 aromatic heterocycles. The summed E-state index contributed by atoms with van der Waals surface area (Å²) in [6, 6.07) is 2.91. The standard InChI is InChI=1S/C27H46O7Si/c1-10-35(11-2,12-3)34-18-15-20(28)32-23-21(22(29)17(4)5)25(6,7)13-14-27(18,23)16-19-26(8,9)33-24(30)31-19/h17-20,28H,10-16H2,1-9H3/t18-,19+,20?,27+/m1/s1. The summed E-state index contributed by atoms with van der Waals surface area (Å²) >= 11 is 0. The van der Waals surface area contributed by atoms with Crippen molar-refractivity contribution in [2.45, 2.75) is 130 Å². The van der Waals surface area contributed by atoms with Crippen LogP contribution in [0.3, 0.4) is 0 Å². The molecule has 2 heterocycles. The van der Waals surface area contributed by atoms with Gasteiger partial charge in [-0.1, -0.05) is 48.5 Å². The number of rotatable bonds is 9. The van der Waals surface area contributed by atoms with Crippen LogP contribution in [0.5, 0.6) is 0 Å². The van der Waals surface area contributed by atoms with Crippen molar-refractivity contribution in [3.63, 3.8) is 0 Å². The van der Waals surface area contributed by atoms with Gasteiger partial charge in [0.1, 0.15) is 17.5 Å². The third-order valence-electron chi connectivity index (χ3n) is 8.84. The average molecular weight is 511 g/mol. The number of carbonyl (C=O) groups is 2. The zero-order valence-electron chi connectivity index (χ0n) is 23.2. The van der Waals surface area contributed by atoms with Crippen molar-refractivity contribution in [1.82, 2.24) is 0 Å². The predicted octanol–water partition coefficient (Wildman–Crippen LogP) is 6.11. The van der Waals surface area contributed by atoms with Crippen LogP contribution < -0.4 is 0 Å². The minimum Gasteiger partial charge on any atom is -0.468 e. The highest BCUT2D eigenvalue weighted by molar-refractivity contribution is 6.73. The fraction of sp³-hybridized carbons (Fsp3) is 0.852. The third-order valence-corrected chi connectivity index (χ3v) is 13.5. The summed E-state index contributed by atoms with van der Waals surface area (Å²) in [5, 5.41) is 10.9. The normalized spacial score (nSPS) is 32.1. The number of fused-ring (bicyclic) bond motifs is 1. The van der Waals surface area contributed by atoms with Crippen molar-refractivity contribution in [2.24, 2.45) is 16.7 Å². The fourth-order valence-corrected chi connectivity index (χ4v) is 9.04. The Labute approximate surface area is 212 Å². The molecule has 3 aliphatic rings. The molecule has 0 amide bonds. The lowest BCUT2D eigenvalue weighted by Gasteiger charge is -2.55. The Balaban J connectivity index is 2.23. The van der Waals surface area contributed by atoms with Gasteiger partial charge < -0.3 is 23.7 Å². The third kappa shape index (κ3) is 5.08. The molecule has 200 valence electrons. The van der Waals surface area contributed by atoms with Gasteiger partial charge >= 0.3 is 6.16 Å². The van der Waals surface area contributed by atoms with E-state index in [0.29, 0.717) is 30.6 Å². The number of aliphatic hydroxyl groups excluding tert-OH is 1. The fourth-order valence-electron chi connectivity index (χ4n) is 6.11. The van der Waals surface area contributed by atoms with E-state index in [2.05, 4.69) is 34.6 Å². The van der Waals surface area contributed by atoms with Gasteiger partial charge in [0.25, 0.3) is 0 Å². The van der Waals surface area contributed by atoms with Gasteiger partial charge in [0.2, 0.25) is 0 Å². The summed E-state index contributed by atoms with van der Waals surface area (Å²) in [6.45, 7) is 18.2. The summed E-state index contributed by atoms with van der Waals surface area (Å²) < 4.78 is 24.5. The Kier molecular flexibility index (Phi) is 7.91. The molecule has 3 rings (SSSR count). The van der Waals surface area contributed by atoms with Crippen LogP contribution in [0.4, 0.5) is 4.79 Å². The van der Waals surface area contributed by atoms with Crippen LogP contribution in [0.15, 0.2) is 11.3 Å². The summed E-state index contributed by atoms with van der Waals surface area (Å²) in [5.41, 5.74) is -1.27. The Hall–Kier alpha value is -1.38. The lowest BCUT2D eigenvalue weighted by molar-refractivity contribution is -0.183. The molecule has 2 aliphatic heterocycles. The number of ketones is 1. The van der Waals surface area contributed by atoms with Crippen LogP contribution in [-0.4, -0.2) is 49.5 Å². The maximum atomic E-state index is 13.6. The first-order valence-corrected chi connectivity index (χ1v) is 15.9. The Morgan fingerprint density at radius 1 is 1.09 bits per heavy atom. The molecule has 0 radical (unpaired) electrons. The van der Waals surface area contributed by atoms with Crippen LogP contribution in [-0.2, 0) is 23.4 Å². The molecule has 0 saturated carbocycles. The van der Waals surface area contributed by atoms with Crippen molar-refractivity contribution in [3.05, 3.63) is 11.3 Å². The minimum absolute atomic E-state index is 0.0332. The number of carbonyl (C=O) groups excluding carboxylic acids is 2. The van der Waals surface area contributed by atoms with Gasteiger partial charge in [-0.25, -0.2) is 4.79 Å². The smallest absolute Gasteiger partial charge is 0.468 e. The largest absolute Gasteiger partial charge is 0.509 e. The maximum absolute atomic E-state index is 13.6. The molecule has 0 aromatic rings. The molecule has 0 aromatic carbocycles. The molecule has 2 saturated heterocycles. The Bertz CT molecular complexity index is 849. The first kappa shape index (κ1) is 28.2. The molecule has 7 nitrogen and oxygen atoms in total. The summed E-state index contributed by atoms with van der Waals surface area (Å²) in [5.74, 6) is 0.362. The highest BCUT2D eigenvalue weighted by Crippen LogP contribution is 2.59. The van der Waals surface area contributed by atoms with Gasteiger partial charge in [-0.3, -0.25) is 4.79 Å². The number of cyclic esters (lactones) is 2. The number of hydrogen-bond donors (Lipinski definition) is 1. The van der Waals surface area contributed by atoms with E-state index in [0.717, 1.165) is 24.6 Å². The van der Waals surface area contributed by atoms with Gasteiger partial charge in [-0.05, 0) is 50.2 Å². The van der Waals surface area contributed by atoms with Crippen LogP contribution in [0, 0.1) is 16.7 Å². The number of Topliss-reactive ketones (excluding diaryl/α,β-unsaturated/α-hetero) is 1. The molecule has 0 bridgehead atoms. The van der Waals surface area contributed by atoms with Crippen molar-refractivity contribution >= 4 is 20.3 Å². The second kappa shape index (κ2) is 9.82. The number of aliphatic hydroxyl groups is 1. The lowest BCUT2D eigenvalue weighted by atomic mass is 9.58. The zero-order valence-corrected chi connectivity index (χ0v) is 24.2. The molecule has 1 N–H and O–H groups in total. The summed E-state index contributed by atoms with van der Waals surface area (Å²) in [7, 11) is -2.08. The quantitative estimate of drug-likeness (QED) is 0.296. The Morgan fingerprint density at radius 2 is 1.69 bits per heavy atom. The summed E-state index contributed by atoms with van der Waals surface area (Å²) in [6.07, 6.45) is -0.363. The first-order valence-electron chi connectivity index (χ1n) is 13.4. The minimum atomic E-state index is -2.08. The average Bonchev–Trinajstić information content (AvgIpc) is 3.03. The van der Waals surface area contributed by atoms with Gasteiger partial charge in [-0.15, -0.1) is 0 Å². The number of ether oxygens (including phenoxy) is 3. The highest BCUT2D eigenvalue weighted by Gasteiger charge is 2.60. The molecular formula is C27H46O7Si. The van der Waals surface area contributed by atoms with E-state index in [1.165, 1.54) is 0 Å². The zero-order chi connectivity index (χ0) is 26.4. The van der Waals surface area contributed by atoms with Gasteiger partial charge in [0, 0.05) is 24.3 Å². The van der Waals surface area contributed by atoms with Gasteiger partial charge in [0.05, 0.1) is 11.5 Å². The topological polar surface area (TPSA) is 91.3 Å². The van der Waals surface area contributed by atoms with E-state index < -0.39 is 43.3 Å². The second-order valence-corrected chi connectivity index (χ2v) is 16.9. The van der Waals surface area contributed by atoms with Crippen LogP contribution in [0.1, 0.15) is 88.0 Å². The van der Waals surface area contributed by atoms with Crippen molar-refractivity contribution in [1.29, 1.82) is 0 Å². The van der Waals surface area contributed by atoms with E-state index in [1.54, 1.807) is 0 Å². The van der Waals surface area contributed by atoms with Gasteiger partial charge in [0.15, 0.2) is 20.4 Å². The first-order chi connectivity index (χ1) is 16.2. The van der Waals surface area contributed by atoms with Crippen molar-refractivity contribution in [3.8, 4) is 0 Å². The van der Waals surface area contributed by atoms with Crippen LogP contribution in [0.25, 0.3) is 0 Å². The van der Waals surface area contributed by atoms with E-state index >= 15 is 0 Å². The van der Waals surface area contributed by atoms with E-state index in [-0.39, 0.29) is 17.8 Å². The number of allylic oxidation sites excluding steroid dienone is 1. The second-order valence-electron chi connectivity index (χ2n) is 12.2. The monoisotopic (exact) mass is 510 g/mol. The highest BCUT2D eigenvalue weighted by atomic mass is 28.4. The molecule has 0 spiro atoms. The molecule has 2 fully saturated rings. The van der Waals surface area contributed by atoms with Crippen LogP contribution >= 0.6 is 0 Å². The SMILES string of the molecule is CC[Si](CC)(CC)O[C@@H]1CC(O)OC2=C(C(=O)C(C)C)C(C)(C)CC[C@@]21C[C@@H]1OC(=O)OC1(C)C. The molecule has 8 heteroatoms. The summed E-state index contributed by atoms with van der Waals surface area (Å²) in [4.78, 5) is 25.8. The van der Waals surface area contributed by atoms with E-state index in [9.17, 15) is 14.7 Å². The predicted molar refractivity (Wildman–Crippen MR) is 136 cm³/mol. The van der Waals surface area contributed by atoms with E-state index in [4.69, 9.17) is 18.6 Å².